The highest BCUT2D eigenvalue weighted by Gasteiger charge is 2.43. The summed E-state index contributed by atoms with van der Waals surface area (Å²) in [4.78, 5) is 4.04. The summed E-state index contributed by atoms with van der Waals surface area (Å²) in [6.45, 7) is 6.37. The van der Waals surface area contributed by atoms with Gasteiger partial charge in [0.05, 0.1) is 12.1 Å². The van der Waals surface area contributed by atoms with E-state index in [4.69, 9.17) is 11.6 Å². The van der Waals surface area contributed by atoms with Crippen LogP contribution in [0.3, 0.4) is 0 Å². The van der Waals surface area contributed by atoms with E-state index in [0.29, 0.717) is 0 Å². The molecule has 2 aromatic rings. The Labute approximate surface area is 130 Å². The summed E-state index contributed by atoms with van der Waals surface area (Å²) in [5, 5.41) is 15.1. The first-order chi connectivity index (χ1) is 9.89. The highest BCUT2D eigenvalue weighted by atomic mass is 35.5. The zero-order chi connectivity index (χ0) is 15.5. The highest BCUT2D eigenvalue weighted by Crippen LogP contribution is 2.40. The van der Waals surface area contributed by atoms with Crippen LogP contribution in [0.4, 0.5) is 0 Å². The Balaban J connectivity index is 2.26. The van der Waals surface area contributed by atoms with Gasteiger partial charge in [0.1, 0.15) is 12.7 Å². The van der Waals surface area contributed by atoms with Gasteiger partial charge in [0.2, 0.25) is 0 Å². The fourth-order valence-electron chi connectivity index (χ4n) is 2.65. The quantitative estimate of drug-likeness (QED) is 0.922. The van der Waals surface area contributed by atoms with E-state index in [-0.39, 0.29) is 12.0 Å². The minimum absolute atomic E-state index is 0.0213. The molecule has 1 atom stereocenters. The first-order valence-electron chi connectivity index (χ1n) is 7.09. The van der Waals surface area contributed by atoms with Gasteiger partial charge in [-0.1, -0.05) is 44.5 Å². The number of aryl methyl sites for hydroxylation is 1. The Morgan fingerprint density at radius 2 is 1.86 bits per heavy atom. The molecule has 0 spiro atoms. The standard InChI is InChI=1S/C16H22ClN3O/c1-15(2,3)16(10-21,20-12-18-11-19-20)9-8-13-4-6-14(17)7-5-13/h4-7,11-12,21H,8-10H2,1-3H3/t16-/m1/s1. The molecule has 21 heavy (non-hydrogen) atoms. The Kier molecular flexibility index (Phi) is 4.69. The summed E-state index contributed by atoms with van der Waals surface area (Å²) in [6.07, 6.45) is 4.81. The summed E-state index contributed by atoms with van der Waals surface area (Å²) in [5.74, 6) is 0. The molecule has 0 aliphatic rings. The molecule has 0 fully saturated rings. The molecule has 5 heteroatoms. The van der Waals surface area contributed by atoms with Crippen molar-refractivity contribution in [3.8, 4) is 0 Å². The molecule has 4 nitrogen and oxygen atoms in total. The van der Waals surface area contributed by atoms with Crippen LogP contribution in [0, 0.1) is 5.41 Å². The van der Waals surface area contributed by atoms with Gasteiger partial charge >= 0.3 is 0 Å². The van der Waals surface area contributed by atoms with Crippen molar-refractivity contribution < 1.29 is 5.11 Å². The van der Waals surface area contributed by atoms with E-state index < -0.39 is 5.54 Å². The third-order valence-electron chi connectivity index (χ3n) is 4.26. The van der Waals surface area contributed by atoms with Crippen LogP contribution in [0.15, 0.2) is 36.9 Å². The van der Waals surface area contributed by atoms with Crippen LogP contribution >= 0.6 is 11.6 Å². The van der Waals surface area contributed by atoms with Gasteiger partial charge in [-0.2, -0.15) is 5.10 Å². The predicted molar refractivity (Wildman–Crippen MR) is 84.3 cm³/mol. The van der Waals surface area contributed by atoms with E-state index in [9.17, 15) is 5.11 Å². The summed E-state index contributed by atoms with van der Waals surface area (Å²) in [5.41, 5.74) is 0.562. The topological polar surface area (TPSA) is 50.9 Å². The Bertz CT molecular complexity index is 560. The lowest BCUT2D eigenvalue weighted by molar-refractivity contribution is 0.00788. The molecule has 0 aliphatic heterocycles. The third kappa shape index (κ3) is 3.27. The van der Waals surface area contributed by atoms with Crippen molar-refractivity contribution in [1.82, 2.24) is 14.8 Å². The maximum atomic E-state index is 10.1. The summed E-state index contributed by atoms with van der Waals surface area (Å²) in [6, 6.07) is 7.83. The minimum atomic E-state index is -0.483. The van der Waals surface area contributed by atoms with Crippen molar-refractivity contribution in [1.29, 1.82) is 0 Å². The molecular weight excluding hydrogens is 286 g/mol. The molecule has 0 unspecified atom stereocenters. The van der Waals surface area contributed by atoms with Gasteiger partial charge < -0.3 is 5.11 Å². The second kappa shape index (κ2) is 6.16. The van der Waals surface area contributed by atoms with E-state index in [2.05, 4.69) is 30.9 Å². The maximum absolute atomic E-state index is 10.1. The Morgan fingerprint density at radius 3 is 2.33 bits per heavy atom. The van der Waals surface area contributed by atoms with Gasteiger partial charge in [-0.05, 0) is 36.0 Å². The lowest BCUT2D eigenvalue weighted by Gasteiger charge is -2.43. The van der Waals surface area contributed by atoms with Crippen molar-refractivity contribution in [3.63, 3.8) is 0 Å². The fourth-order valence-corrected chi connectivity index (χ4v) is 2.78. The zero-order valence-electron chi connectivity index (χ0n) is 12.8. The molecule has 0 amide bonds. The molecule has 0 bridgehead atoms. The van der Waals surface area contributed by atoms with Gasteiger partial charge in [-0.15, -0.1) is 0 Å². The number of halogens is 1. The van der Waals surface area contributed by atoms with Crippen molar-refractivity contribution in [3.05, 3.63) is 47.5 Å². The molecule has 0 aliphatic carbocycles. The minimum Gasteiger partial charge on any atom is -0.394 e. The van der Waals surface area contributed by atoms with Crippen molar-refractivity contribution in [2.45, 2.75) is 39.2 Å². The summed E-state index contributed by atoms with van der Waals surface area (Å²) in [7, 11) is 0. The van der Waals surface area contributed by atoms with E-state index in [0.717, 1.165) is 17.9 Å². The normalized spacial score (nSPS) is 14.9. The molecule has 0 saturated carbocycles. The van der Waals surface area contributed by atoms with Gasteiger partial charge in [0, 0.05) is 5.02 Å². The van der Waals surface area contributed by atoms with E-state index in [1.807, 2.05) is 24.3 Å². The third-order valence-corrected chi connectivity index (χ3v) is 4.51. The van der Waals surface area contributed by atoms with Crippen molar-refractivity contribution >= 4 is 11.6 Å². The van der Waals surface area contributed by atoms with E-state index in [1.54, 1.807) is 11.0 Å². The number of aliphatic hydroxyl groups excluding tert-OH is 1. The largest absolute Gasteiger partial charge is 0.394 e. The first kappa shape index (κ1) is 16.0. The number of hydrogen-bond donors (Lipinski definition) is 1. The summed E-state index contributed by atoms with van der Waals surface area (Å²) < 4.78 is 1.79. The lowest BCUT2D eigenvalue weighted by Crippen LogP contribution is -2.49. The lowest BCUT2D eigenvalue weighted by atomic mass is 9.71. The predicted octanol–water partition coefficient (Wildman–Crippen LogP) is 3.30. The monoisotopic (exact) mass is 307 g/mol. The number of aliphatic hydroxyl groups is 1. The van der Waals surface area contributed by atoms with Crippen LogP contribution in [-0.4, -0.2) is 26.5 Å². The average Bonchev–Trinajstić information content (AvgIpc) is 2.95. The van der Waals surface area contributed by atoms with Gasteiger partial charge in [-0.25, -0.2) is 9.67 Å². The van der Waals surface area contributed by atoms with Gasteiger partial charge in [0.25, 0.3) is 0 Å². The molecule has 1 N–H and O–H groups in total. The molecule has 0 radical (unpaired) electrons. The molecule has 1 aromatic heterocycles. The molecule has 0 saturated heterocycles. The fraction of sp³-hybridized carbons (Fsp3) is 0.500. The molecule has 114 valence electrons. The molecular formula is C16H22ClN3O. The van der Waals surface area contributed by atoms with Crippen LogP contribution < -0.4 is 0 Å². The van der Waals surface area contributed by atoms with Crippen LogP contribution in [0.2, 0.25) is 5.02 Å². The molecule has 1 heterocycles. The number of hydrogen-bond acceptors (Lipinski definition) is 3. The van der Waals surface area contributed by atoms with Gasteiger partial charge in [-0.3, -0.25) is 0 Å². The van der Waals surface area contributed by atoms with E-state index >= 15 is 0 Å². The highest BCUT2D eigenvalue weighted by molar-refractivity contribution is 6.30. The summed E-state index contributed by atoms with van der Waals surface area (Å²) >= 11 is 5.92. The zero-order valence-corrected chi connectivity index (χ0v) is 13.5. The second-order valence-electron chi connectivity index (χ2n) is 6.41. The number of benzene rings is 1. The van der Waals surface area contributed by atoms with Crippen molar-refractivity contribution in [2.75, 3.05) is 6.61 Å². The SMILES string of the molecule is CC(C)(C)[C@](CO)(CCc1ccc(Cl)cc1)n1cncn1. The van der Waals surface area contributed by atoms with Crippen LogP contribution in [0.5, 0.6) is 0 Å². The van der Waals surface area contributed by atoms with Crippen LogP contribution in [-0.2, 0) is 12.0 Å². The average molecular weight is 308 g/mol. The number of aromatic nitrogens is 3. The maximum Gasteiger partial charge on any atom is 0.137 e. The van der Waals surface area contributed by atoms with Gasteiger partial charge in [0.15, 0.2) is 0 Å². The number of nitrogens with zero attached hydrogens (tertiary/aromatic N) is 3. The smallest absolute Gasteiger partial charge is 0.137 e. The first-order valence-corrected chi connectivity index (χ1v) is 7.47. The van der Waals surface area contributed by atoms with Crippen LogP contribution in [0.1, 0.15) is 32.8 Å². The van der Waals surface area contributed by atoms with E-state index in [1.165, 1.54) is 11.9 Å². The second-order valence-corrected chi connectivity index (χ2v) is 6.84. The van der Waals surface area contributed by atoms with Crippen LogP contribution in [0.25, 0.3) is 0 Å². The molecule has 2 rings (SSSR count). The Morgan fingerprint density at radius 1 is 1.19 bits per heavy atom. The number of rotatable bonds is 5. The Hall–Kier alpha value is -1.39. The molecule has 1 aromatic carbocycles. The van der Waals surface area contributed by atoms with Crippen molar-refractivity contribution in [2.24, 2.45) is 5.41 Å².